The molecule has 0 N–H and O–H groups in total. The number of fused-ring (bicyclic) bond motifs is 8. The summed E-state index contributed by atoms with van der Waals surface area (Å²) in [4.78, 5) is 11.3. The first-order valence-electron chi connectivity index (χ1n) is 17.5. The summed E-state index contributed by atoms with van der Waals surface area (Å²) in [6, 6.07) is 32.7. The van der Waals surface area contributed by atoms with Crippen LogP contribution in [0.4, 0.5) is 0 Å². The number of pyridine rings is 2. The monoisotopic (exact) mass is 586 g/mol. The minimum atomic E-state index is -0.166. The van der Waals surface area contributed by atoms with Gasteiger partial charge in [0.05, 0.1) is 22.8 Å². The molecule has 0 unspecified atom stereocenters. The van der Waals surface area contributed by atoms with Crippen molar-refractivity contribution >= 4 is 0 Å². The molecule has 2 heteroatoms. The summed E-state index contributed by atoms with van der Waals surface area (Å²) in [7, 11) is 0. The van der Waals surface area contributed by atoms with Gasteiger partial charge in [0.2, 0.25) is 0 Å². The molecule has 2 aromatic heterocycles. The van der Waals surface area contributed by atoms with Crippen LogP contribution < -0.4 is 0 Å². The highest BCUT2D eigenvalue weighted by Gasteiger charge is 2.41. The molecule has 3 heterocycles. The van der Waals surface area contributed by atoms with Crippen LogP contribution >= 0.6 is 0 Å². The first-order valence-corrected chi connectivity index (χ1v) is 17.5. The van der Waals surface area contributed by atoms with Crippen LogP contribution in [0.2, 0.25) is 0 Å². The van der Waals surface area contributed by atoms with Crippen LogP contribution in [0.3, 0.4) is 0 Å². The van der Waals surface area contributed by atoms with Crippen molar-refractivity contribution in [2.75, 3.05) is 0 Å². The van der Waals surface area contributed by atoms with Gasteiger partial charge in [-0.3, -0.25) is 9.97 Å². The molecule has 0 spiro atoms. The Morgan fingerprint density at radius 2 is 0.545 bits per heavy atom. The Bertz CT molecular complexity index is 1240. The fourth-order valence-corrected chi connectivity index (χ4v) is 8.84. The van der Waals surface area contributed by atoms with Gasteiger partial charge in [-0.1, -0.05) is 116 Å². The van der Waals surface area contributed by atoms with Crippen LogP contribution in [0.5, 0.6) is 0 Å². The van der Waals surface area contributed by atoms with E-state index in [1.807, 2.05) is 0 Å². The van der Waals surface area contributed by atoms with Gasteiger partial charge in [0.25, 0.3) is 0 Å². The molecule has 1 aliphatic heterocycles. The van der Waals surface area contributed by atoms with Crippen molar-refractivity contribution in [2.45, 2.75) is 128 Å². The van der Waals surface area contributed by atoms with Crippen LogP contribution in [0, 0.1) is 0 Å². The summed E-state index contributed by atoms with van der Waals surface area (Å²) in [6.07, 6.45) is 7.99. The zero-order valence-electron chi connectivity index (χ0n) is 28.6. The smallest absolute Gasteiger partial charge is 0.0512 e. The highest BCUT2D eigenvalue weighted by atomic mass is 14.8. The highest BCUT2D eigenvalue weighted by molar-refractivity contribution is 5.48. The second-order valence-corrected chi connectivity index (χ2v) is 13.1. The number of nitrogens with zero attached hydrogens (tertiary/aromatic N) is 2. The molecule has 0 amide bonds. The Morgan fingerprint density at radius 1 is 0.341 bits per heavy atom. The highest BCUT2D eigenvalue weighted by Crippen LogP contribution is 2.47. The van der Waals surface area contributed by atoms with E-state index in [1.54, 1.807) is 0 Å². The van der Waals surface area contributed by atoms with Crippen molar-refractivity contribution in [3.63, 3.8) is 0 Å². The molecule has 2 nitrogen and oxygen atoms in total. The van der Waals surface area contributed by atoms with E-state index >= 15 is 0 Å². The topological polar surface area (TPSA) is 25.8 Å². The van der Waals surface area contributed by atoms with Gasteiger partial charge in [0.1, 0.15) is 0 Å². The van der Waals surface area contributed by atoms with Gasteiger partial charge in [-0.05, 0) is 97.9 Å². The minimum Gasteiger partial charge on any atom is -0.256 e. The molecule has 0 saturated heterocycles. The molecule has 0 atom stereocenters. The lowest BCUT2D eigenvalue weighted by Crippen LogP contribution is -2.35. The summed E-state index contributed by atoms with van der Waals surface area (Å²) in [5, 5.41) is 0. The standard InChI is InChI=1S/C42H54N2/c1-9-39(10-2)31-21-17-22-32(29-31)40(11-3,12-4)37-27-20-28-38(44-37)42(15-7,16-8)34-24-18-23-33(30-34)41(13-5,14-6)36-26-19-25-35(39)43-36/h17-30H,9-16H2,1-8H3. The lowest BCUT2D eigenvalue weighted by molar-refractivity contribution is 0.422. The SMILES string of the molecule is CCC1(CC)c2cccc(c2)C(CC)(CC)c2cccc(n2)C(CC)(CC)c2cccc(c2)C(CC)(CC)c2cccc1n2. The molecule has 4 aromatic rings. The van der Waals surface area contributed by atoms with Crippen LogP contribution in [-0.2, 0) is 21.7 Å². The van der Waals surface area contributed by atoms with E-state index < -0.39 is 0 Å². The Hall–Kier alpha value is -3.26. The average Bonchev–Trinajstić information content (AvgIpc) is 3.09. The Kier molecular flexibility index (Phi) is 9.22. The summed E-state index contributed by atoms with van der Waals surface area (Å²) in [6.45, 7) is 18.7. The lowest BCUT2D eigenvalue weighted by Gasteiger charge is -2.40. The molecule has 44 heavy (non-hydrogen) atoms. The summed E-state index contributed by atoms with van der Waals surface area (Å²) in [5.41, 5.74) is 9.60. The quantitative estimate of drug-likeness (QED) is 0.205. The van der Waals surface area contributed by atoms with Crippen LogP contribution in [0.15, 0.2) is 84.9 Å². The Balaban J connectivity index is 1.95. The molecule has 8 bridgehead atoms. The van der Waals surface area contributed by atoms with E-state index in [0.29, 0.717) is 0 Å². The van der Waals surface area contributed by atoms with E-state index in [1.165, 1.54) is 45.0 Å². The van der Waals surface area contributed by atoms with Crippen molar-refractivity contribution in [3.8, 4) is 0 Å². The van der Waals surface area contributed by atoms with E-state index in [-0.39, 0.29) is 21.7 Å². The zero-order valence-corrected chi connectivity index (χ0v) is 28.6. The molecular weight excluding hydrogens is 532 g/mol. The van der Waals surface area contributed by atoms with Gasteiger partial charge in [-0.2, -0.15) is 0 Å². The summed E-state index contributed by atoms with van der Waals surface area (Å²) in [5.74, 6) is 0. The molecule has 2 aromatic carbocycles. The molecule has 0 fully saturated rings. The fourth-order valence-electron chi connectivity index (χ4n) is 8.84. The Labute approximate surface area is 267 Å². The fraction of sp³-hybridized carbons (Fsp3) is 0.476. The van der Waals surface area contributed by atoms with Gasteiger partial charge in [-0.25, -0.2) is 0 Å². The third-order valence-electron chi connectivity index (χ3n) is 12.2. The number of rotatable bonds is 8. The number of benzene rings is 2. The van der Waals surface area contributed by atoms with Crippen LogP contribution in [0.25, 0.3) is 0 Å². The first-order chi connectivity index (χ1) is 21.3. The maximum absolute atomic E-state index is 5.66. The van der Waals surface area contributed by atoms with E-state index in [0.717, 1.165) is 51.4 Å². The van der Waals surface area contributed by atoms with Gasteiger partial charge >= 0.3 is 0 Å². The third-order valence-corrected chi connectivity index (χ3v) is 12.2. The van der Waals surface area contributed by atoms with Gasteiger partial charge in [0, 0.05) is 21.7 Å². The first kappa shape index (κ1) is 32.1. The number of hydrogen-bond acceptors (Lipinski definition) is 2. The third kappa shape index (κ3) is 4.67. The normalized spacial score (nSPS) is 17.6. The van der Waals surface area contributed by atoms with Crippen LogP contribution in [0.1, 0.15) is 152 Å². The minimum absolute atomic E-state index is 0.166. The van der Waals surface area contributed by atoms with Crippen molar-refractivity contribution in [2.24, 2.45) is 0 Å². The molecule has 5 rings (SSSR count). The second-order valence-electron chi connectivity index (χ2n) is 13.1. The van der Waals surface area contributed by atoms with Gasteiger partial charge < -0.3 is 0 Å². The average molecular weight is 587 g/mol. The van der Waals surface area contributed by atoms with Gasteiger partial charge in [-0.15, -0.1) is 0 Å². The molecule has 1 aliphatic rings. The largest absolute Gasteiger partial charge is 0.256 e. The second kappa shape index (κ2) is 12.6. The zero-order chi connectivity index (χ0) is 31.6. The lowest BCUT2D eigenvalue weighted by atomic mass is 9.66. The Morgan fingerprint density at radius 3 is 0.750 bits per heavy atom. The predicted octanol–water partition coefficient (Wildman–Crippen LogP) is 11.2. The molecule has 232 valence electrons. The van der Waals surface area contributed by atoms with Crippen molar-refractivity contribution < 1.29 is 0 Å². The number of hydrogen-bond donors (Lipinski definition) is 0. The van der Waals surface area contributed by atoms with E-state index in [9.17, 15) is 0 Å². The summed E-state index contributed by atoms with van der Waals surface area (Å²) < 4.78 is 0. The molecule has 0 saturated carbocycles. The predicted molar refractivity (Wildman–Crippen MR) is 187 cm³/mol. The summed E-state index contributed by atoms with van der Waals surface area (Å²) >= 11 is 0. The molecular formula is C42H54N2. The van der Waals surface area contributed by atoms with E-state index in [2.05, 4.69) is 140 Å². The van der Waals surface area contributed by atoms with Crippen molar-refractivity contribution in [1.82, 2.24) is 9.97 Å². The van der Waals surface area contributed by atoms with Crippen molar-refractivity contribution in [1.29, 1.82) is 0 Å². The van der Waals surface area contributed by atoms with Gasteiger partial charge in [0.15, 0.2) is 0 Å². The molecule has 0 radical (unpaired) electrons. The molecule has 0 aliphatic carbocycles. The van der Waals surface area contributed by atoms with E-state index in [4.69, 9.17) is 9.97 Å². The maximum Gasteiger partial charge on any atom is 0.0512 e. The van der Waals surface area contributed by atoms with Crippen LogP contribution in [-0.4, -0.2) is 9.97 Å². The number of aromatic nitrogens is 2. The van der Waals surface area contributed by atoms with Crippen molar-refractivity contribution in [3.05, 3.63) is 130 Å². The maximum atomic E-state index is 5.66.